The van der Waals surface area contributed by atoms with Gasteiger partial charge in [-0.25, -0.2) is 9.97 Å². The normalized spacial score (nSPS) is 16.1. The van der Waals surface area contributed by atoms with Crippen molar-refractivity contribution in [2.75, 3.05) is 0 Å². The third kappa shape index (κ3) is 7.75. The van der Waals surface area contributed by atoms with Crippen LogP contribution in [0.2, 0.25) is 0 Å². The third-order valence-corrected chi connectivity index (χ3v) is 7.20. The van der Waals surface area contributed by atoms with Crippen LogP contribution >= 0.6 is 11.6 Å². The van der Waals surface area contributed by atoms with E-state index in [1.807, 2.05) is 6.08 Å². The van der Waals surface area contributed by atoms with Gasteiger partial charge in [-0.3, -0.25) is 0 Å². The summed E-state index contributed by atoms with van der Waals surface area (Å²) in [4.78, 5) is 9.37. The molecule has 0 spiro atoms. The zero-order valence-electron chi connectivity index (χ0n) is 19.3. The van der Waals surface area contributed by atoms with Gasteiger partial charge in [0.05, 0.1) is 0 Å². The van der Waals surface area contributed by atoms with Gasteiger partial charge in [-0.1, -0.05) is 93.8 Å². The minimum atomic E-state index is 0.569. The van der Waals surface area contributed by atoms with Crippen LogP contribution in [0.3, 0.4) is 0 Å². The molecule has 1 saturated carbocycles. The number of rotatable bonds is 12. The van der Waals surface area contributed by atoms with Crippen LogP contribution in [0, 0.1) is 5.41 Å². The van der Waals surface area contributed by atoms with Gasteiger partial charge < -0.3 is 0 Å². The van der Waals surface area contributed by atoms with Crippen molar-refractivity contribution in [2.45, 2.75) is 96.8 Å². The molecule has 2 aromatic rings. The smallest absolute Gasteiger partial charge is 0.159 e. The predicted octanol–water partition coefficient (Wildman–Crippen LogP) is 8.68. The lowest BCUT2D eigenvalue weighted by Crippen LogP contribution is -2.25. The fourth-order valence-electron chi connectivity index (χ4n) is 5.03. The molecule has 31 heavy (non-hydrogen) atoms. The first-order valence-corrected chi connectivity index (χ1v) is 12.8. The monoisotopic (exact) mass is 438 g/mol. The van der Waals surface area contributed by atoms with E-state index in [2.05, 4.69) is 53.6 Å². The van der Waals surface area contributed by atoms with Crippen LogP contribution in [0.15, 0.2) is 48.3 Å². The molecule has 1 aliphatic rings. The Hall–Kier alpha value is -1.67. The largest absolute Gasteiger partial charge is 0.236 e. The van der Waals surface area contributed by atoms with Gasteiger partial charge in [0.2, 0.25) is 0 Å². The Labute approximate surface area is 194 Å². The van der Waals surface area contributed by atoms with Crippen LogP contribution in [0.25, 0.3) is 11.4 Å². The number of unbranched alkanes of at least 4 members (excludes halogenated alkanes) is 3. The molecule has 1 aromatic heterocycles. The lowest BCUT2D eigenvalue weighted by Gasteiger charge is -2.38. The Balaban J connectivity index is 1.55. The maximum atomic E-state index is 5.60. The molecule has 0 unspecified atom stereocenters. The Bertz CT molecular complexity index is 774. The highest BCUT2D eigenvalue weighted by atomic mass is 35.5. The molecule has 0 bridgehead atoms. The Kier molecular flexibility index (Phi) is 10.1. The fourth-order valence-corrected chi connectivity index (χ4v) is 5.16. The molecule has 3 rings (SSSR count). The summed E-state index contributed by atoms with van der Waals surface area (Å²) in [6.07, 6.45) is 24.5. The van der Waals surface area contributed by atoms with Crippen molar-refractivity contribution in [1.82, 2.24) is 9.97 Å². The second-order valence-corrected chi connectivity index (χ2v) is 9.64. The summed E-state index contributed by atoms with van der Waals surface area (Å²) in [5.41, 5.74) is 5.84. The molecule has 168 valence electrons. The van der Waals surface area contributed by atoms with Crippen molar-refractivity contribution in [2.24, 2.45) is 5.41 Å². The lowest BCUT2D eigenvalue weighted by atomic mass is 9.68. The average Bonchev–Trinajstić information content (AvgIpc) is 2.82. The van der Waals surface area contributed by atoms with Gasteiger partial charge >= 0.3 is 0 Å². The highest BCUT2D eigenvalue weighted by molar-refractivity contribution is 6.25. The summed E-state index contributed by atoms with van der Waals surface area (Å²) >= 11 is 5.60. The van der Waals surface area contributed by atoms with Crippen molar-refractivity contribution in [3.05, 3.63) is 59.4 Å². The second kappa shape index (κ2) is 13.0. The van der Waals surface area contributed by atoms with Crippen LogP contribution in [0.5, 0.6) is 0 Å². The van der Waals surface area contributed by atoms with E-state index >= 15 is 0 Å². The molecule has 2 nitrogen and oxygen atoms in total. The van der Waals surface area contributed by atoms with E-state index in [0.29, 0.717) is 5.41 Å². The molecule has 0 saturated heterocycles. The van der Waals surface area contributed by atoms with Crippen LogP contribution in [-0.4, -0.2) is 9.97 Å². The molecular formula is C28H39ClN2. The van der Waals surface area contributed by atoms with Gasteiger partial charge in [-0.05, 0) is 61.5 Å². The zero-order chi connectivity index (χ0) is 21.8. The van der Waals surface area contributed by atoms with Crippen LogP contribution in [-0.2, 0) is 12.8 Å². The Morgan fingerprint density at radius 3 is 2.29 bits per heavy atom. The first-order valence-electron chi connectivity index (χ1n) is 12.4. The number of aromatic nitrogens is 2. The molecule has 1 aromatic carbocycles. The van der Waals surface area contributed by atoms with Crippen molar-refractivity contribution in [3.63, 3.8) is 0 Å². The molecule has 0 N–H and O–H groups in total. The standard InChI is InChI=1S/C28H39ClN2/c1-2-3-4-7-17-28(18-8-5-9-19-28)20-16-25-22-30-27(31-23-25)26-14-12-24(13-15-26)11-6-10-21-29/h10,12-15,21-23H,2-9,11,16-20H2,1H3/b21-10+. The molecular weight excluding hydrogens is 400 g/mol. The summed E-state index contributed by atoms with van der Waals surface area (Å²) in [7, 11) is 0. The van der Waals surface area contributed by atoms with Gasteiger partial charge in [-0.15, -0.1) is 0 Å². The molecule has 1 aliphatic carbocycles. The highest BCUT2D eigenvalue weighted by Gasteiger charge is 2.31. The first kappa shape index (κ1) is 24.0. The number of aryl methyl sites for hydroxylation is 2. The lowest BCUT2D eigenvalue weighted by molar-refractivity contribution is 0.152. The van der Waals surface area contributed by atoms with Gasteiger partial charge in [-0.2, -0.15) is 0 Å². The second-order valence-electron chi connectivity index (χ2n) is 9.38. The summed E-state index contributed by atoms with van der Waals surface area (Å²) in [6, 6.07) is 8.59. The summed E-state index contributed by atoms with van der Waals surface area (Å²) < 4.78 is 0. The van der Waals surface area contributed by atoms with E-state index in [0.717, 1.165) is 30.7 Å². The number of hydrogen-bond donors (Lipinski definition) is 0. The predicted molar refractivity (Wildman–Crippen MR) is 133 cm³/mol. The van der Waals surface area contributed by atoms with Gasteiger partial charge in [0, 0.05) is 23.5 Å². The third-order valence-electron chi connectivity index (χ3n) is 7.03. The molecule has 0 radical (unpaired) electrons. The van der Waals surface area contributed by atoms with Crippen molar-refractivity contribution < 1.29 is 0 Å². The molecule has 1 heterocycles. The van der Waals surface area contributed by atoms with Crippen LogP contribution < -0.4 is 0 Å². The van der Waals surface area contributed by atoms with Crippen LogP contribution in [0.1, 0.15) is 95.1 Å². The van der Waals surface area contributed by atoms with Crippen molar-refractivity contribution in [3.8, 4) is 11.4 Å². The number of allylic oxidation sites excluding steroid dienone is 1. The van der Waals surface area contributed by atoms with Crippen LogP contribution in [0.4, 0.5) is 0 Å². The van der Waals surface area contributed by atoms with E-state index in [1.165, 1.54) is 81.8 Å². The quantitative estimate of drug-likeness (QED) is 0.309. The maximum Gasteiger partial charge on any atom is 0.159 e. The van der Waals surface area contributed by atoms with E-state index in [1.54, 1.807) is 5.54 Å². The average molecular weight is 439 g/mol. The Morgan fingerprint density at radius 2 is 1.61 bits per heavy atom. The molecule has 0 aliphatic heterocycles. The van der Waals surface area contributed by atoms with Gasteiger partial charge in [0.25, 0.3) is 0 Å². The summed E-state index contributed by atoms with van der Waals surface area (Å²) in [5, 5.41) is 0. The minimum absolute atomic E-state index is 0.569. The molecule has 3 heteroatoms. The number of hydrogen-bond acceptors (Lipinski definition) is 2. The van der Waals surface area contributed by atoms with Crippen molar-refractivity contribution in [1.29, 1.82) is 0 Å². The number of nitrogens with zero attached hydrogens (tertiary/aromatic N) is 2. The van der Waals surface area contributed by atoms with Gasteiger partial charge in [0.1, 0.15) is 0 Å². The molecule has 1 fully saturated rings. The number of benzene rings is 1. The molecule has 0 amide bonds. The van der Waals surface area contributed by atoms with E-state index < -0.39 is 0 Å². The zero-order valence-corrected chi connectivity index (χ0v) is 20.0. The summed E-state index contributed by atoms with van der Waals surface area (Å²) in [6.45, 7) is 2.30. The van der Waals surface area contributed by atoms with E-state index in [9.17, 15) is 0 Å². The minimum Gasteiger partial charge on any atom is -0.236 e. The Morgan fingerprint density at radius 1 is 0.871 bits per heavy atom. The molecule has 0 atom stereocenters. The van der Waals surface area contributed by atoms with Gasteiger partial charge in [0.15, 0.2) is 5.82 Å². The SMILES string of the molecule is CCCCCCC1(CCc2cnc(-c3ccc(CC/C=C/Cl)cc3)nc2)CCCCC1. The van der Waals surface area contributed by atoms with Crippen molar-refractivity contribution >= 4 is 11.6 Å². The highest BCUT2D eigenvalue weighted by Crippen LogP contribution is 2.44. The van der Waals surface area contributed by atoms with E-state index in [4.69, 9.17) is 11.6 Å². The van der Waals surface area contributed by atoms with E-state index in [-0.39, 0.29) is 0 Å². The number of halogens is 1. The topological polar surface area (TPSA) is 25.8 Å². The summed E-state index contributed by atoms with van der Waals surface area (Å²) in [5.74, 6) is 0.822. The first-order chi connectivity index (χ1) is 15.2. The maximum absolute atomic E-state index is 5.60. The fraction of sp³-hybridized carbons (Fsp3) is 0.571.